The van der Waals surface area contributed by atoms with Crippen molar-refractivity contribution in [3.05, 3.63) is 59.2 Å². The number of rotatable bonds is 3. The van der Waals surface area contributed by atoms with E-state index in [0.29, 0.717) is 23.7 Å². The average molecular weight is 348 g/mol. The highest BCUT2D eigenvalue weighted by molar-refractivity contribution is 5.94. The van der Waals surface area contributed by atoms with Gasteiger partial charge in [-0.3, -0.25) is 0 Å². The molecule has 1 aliphatic heterocycles. The molecule has 0 unspecified atom stereocenters. The number of ether oxygens (including phenoxy) is 1. The van der Waals surface area contributed by atoms with E-state index in [1.165, 1.54) is 19.3 Å². The molecule has 2 aliphatic carbocycles. The van der Waals surface area contributed by atoms with Crippen LogP contribution in [0, 0.1) is 17.8 Å². The van der Waals surface area contributed by atoms with Gasteiger partial charge in [0, 0.05) is 16.8 Å². The highest BCUT2D eigenvalue weighted by atomic mass is 16.5. The Bertz CT molecular complexity index is 877. The minimum atomic E-state index is -1.12. The van der Waals surface area contributed by atoms with Crippen molar-refractivity contribution in [1.82, 2.24) is 0 Å². The van der Waals surface area contributed by atoms with Gasteiger partial charge in [-0.2, -0.15) is 0 Å². The predicted octanol–water partition coefficient (Wildman–Crippen LogP) is 3.36. The Morgan fingerprint density at radius 2 is 1.85 bits per heavy atom. The molecule has 26 heavy (non-hydrogen) atoms. The summed E-state index contributed by atoms with van der Waals surface area (Å²) in [7, 11) is 1.69. The molecule has 4 heteroatoms. The Kier molecular flexibility index (Phi) is 3.49. The zero-order chi connectivity index (χ0) is 17.8. The second kappa shape index (κ2) is 5.76. The van der Waals surface area contributed by atoms with Crippen LogP contribution in [0.2, 0.25) is 0 Å². The van der Waals surface area contributed by atoms with Crippen LogP contribution >= 0.6 is 0 Å². The third-order valence-electron chi connectivity index (χ3n) is 6.82. The monoisotopic (exact) mass is 348 g/mol. The van der Waals surface area contributed by atoms with Gasteiger partial charge >= 0.3 is 0 Å². The third kappa shape index (κ3) is 2.11. The fourth-order valence-corrected chi connectivity index (χ4v) is 5.92. The van der Waals surface area contributed by atoms with Gasteiger partial charge in [0.1, 0.15) is 5.75 Å². The predicted molar refractivity (Wildman–Crippen MR) is 97.2 cm³/mol. The lowest BCUT2D eigenvalue weighted by Crippen LogP contribution is -2.37. The fourth-order valence-electron chi connectivity index (χ4n) is 5.92. The van der Waals surface area contributed by atoms with Crippen LogP contribution in [0.1, 0.15) is 52.7 Å². The number of carboxylic acid groups (broad SMARTS) is 1. The summed E-state index contributed by atoms with van der Waals surface area (Å²) in [4.78, 5) is 11.7. The van der Waals surface area contributed by atoms with Crippen molar-refractivity contribution < 1.29 is 14.6 Å². The van der Waals surface area contributed by atoms with E-state index < -0.39 is 5.97 Å². The Labute approximate surface area is 153 Å². The van der Waals surface area contributed by atoms with Gasteiger partial charge in [0.25, 0.3) is 0 Å². The van der Waals surface area contributed by atoms with Crippen molar-refractivity contribution in [3.8, 4) is 5.75 Å². The summed E-state index contributed by atoms with van der Waals surface area (Å²) >= 11 is 0. The zero-order valence-electron chi connectivity index (χ0n) is 14.8. The van der Waals surface area contributed by atoms with Gasteiger partial charge in [0.05, 0.1) is 19.1 Å². The van der Waals surface area contributed by atoms with Crippen molar-refractivity contribution in [2.45, 2.75) is 31.2 Å². The quantitative estimate of drug-likeness (QED) is 0.924. The Hall–Kier alpha value is -2.49. The molecular weight excluding hydrogens is 326 g/mol. The van der Waals surface area contributed by atoms with Crippen LogP contribution in [0.15, 0.2) is 42.5 Å². The van der Waals surface area contributed by atoms with E-state index in [4.69, 9.17) is 4.74 Å². The zero-order valence-corrected chi connectivity index (χ0v) is 14.8. The van der Waals surface area contributed by atoms with E-state index >= 15 is 0 Å². The molecule has 3 aliphatic rings. The first-order valence-corrected chi connectivity index (χ1v) is 9.42. The SMILES string of the molecule is COc1ccccc1[C@@H]1Nc2c(C(=O)[O-])cccc2[C@H]2[C@@H]3CC[C@H](C3)[C@H]21. The van der Waals surface area contributed by atoms with Gasteiger partial charge in [-0.25, -0.2) is 0 Å². The number of carbonyl (C=O) groups is 1. The largest absolute Gasteiger partial charge is 0.545 e. The minimum absolute atomic E-state index is 0.0689. The first-order chi connectivity index (χ1) is 12.7. The van der Waals surface area contributed by atoms with Crippen LogP contribution in [0.3, 0.4) is 0 Å². The molecule has 0 radical (unpaired) electrons. The number of hydrogen-bond donors (Lipinski definition) is 1. The number of carboxylic acids is 1. The molecule has 2 bridgehead atoms. The highest BCUT2D eigenvalue weighted by Gasteiger charge is 2.54. The van der Waals surface area contributed by atoms with Crippen molar-refractivity contribution in [3.63, 3.8) is 0 Å². The van der Waals surface area contributed by atoms with Gasteiger partial charge in [0.2, 0.25) is 0 Å². The van der Waals surface area contributed by atoms with Crippen molar-refractivity contribution in [2.75, 3.05) is 12.4 Å². The summed E-state index contributed by atoms with van der Waals surface area (Å²) in [5.41, 5.74) is 3.30. The number of aromatic carboxylic acids is 1. The van der Waals surface area contributed by atoms with Crippen LogP contribution in [0.25, 0.3) is 0 Å². The smallest absolute Gasteiger partial charge is 0.124 e. The molecule has 2 aromatic rings. The third-order valence-corrected chi connectivity index (χ3v) is 6.82. The van der Waals surface area contributed by atoms with E-state index in [0.717, 1.165) is 22.6 Å². The Morgan fingerprint density at radius 3 is 2.65 bits per heavy atom. The first kappa shape index (κ1) is 15.7. The molecule has 5 rings (SSSR count). The molecule has 2 aromatic carbocycles. The first-order valence-electron chi connectivity index (χ1n) is 9.42. The number of benzene rings is 2. The number of carbonyl (C=O) groups excluding carboxylic acids is 1. The summed E-state index contributed by atoms with van der Waals surface area (Å²) in [5.74, 6) is 1.98. The molecule has 5 atom stereocenters. The van der Waals surface area contributed by atoms with Crippen LogP contribution in [-0.4, -0.2) is 13.1 Å². The lowest BCUT2D eigenvalue weighted by atomic mass is 9.67. The number of methoxy groups -OCH3 is 1. The fraction of sp³-hybridized carbons (Fsp3) is 0.409. The van der Waals surface area contributed by atoms with Crippen LogP contribution in [0.4, 0.5) is 5.69 Å². The molecule has 0 amide bonds. The molecule has 2 saturated carbocycles. The van der Waals surface area contributed by atoms with E-state index in [9.17, 15) is 9.90 Å². The Morgan fingerprint density at radius 1 is 1.08 bits per heavy atom. The summed E-state index contributed by atoms with van der Waals surface area (Å²) in [6.07, 6.45) is 3.77. The van der Waals surface area contributed by atoms with Crippen LogP contribution in [-0.2, 0) is 0 Å². The lowest BCUT2D eigenvalue weighted by Gasteiger charge is -2.44. The molecule has 1 N–H and O–H groups in total. The minimum Gasteiger partial charge on any atom is -0.545 e. The number of para-hydroxylation sites is 2. The van der Waals surface area contributed by atoms with Crippen LogP contribution < -0.4 is 15.2 Å². The van der Waals surface area contributed by atoms with Crippen LogP contribution in [0.5, 0.6) is 5.75 Å². The van der Waals surface area contributed by atoms with Gasteiger partial charge in [0.15, 0.2) is 0 Å². The molecule has 0 aromatic heterocycles. The molecule has 0 spiro atoms. The number of nitrogens with one attached hydrogen (secondary N) is 1. The normalized spacial score (nSPS) is 31.0. The molecule has 0 saturated heterocycles. The summed E-state index contributed by atoms with van der Waals surface area (Å²) in [5, 5.41) is 15.3. The van der Waals surface area contributed by atoms with Crippen molar-refractivity contribution in [2.24, 2.45) is 17.8 Å². The second-order valence-electron chi connectivity index (χ2n) is 7.86. The summed E-state index contributed by atoms with van der Waals surface area (Å²) in [6.45, 7) is 0. The maximum absolute atomic E-state index is 11.7. The van der Waals surface area contributed by atoms with E-state index in [2.05, 4.69) is 17.4 Å². The molecule has 2 fully saturated rings. The van der Waals surface area contributed by atoms with E-state index in [1.54, 1.807) is 13.2 Å². The highest BCUT2D eigenvalue weighted by Crippen LogP contribution is 2.64. The molecule has 1 heterocycles. The Balaban J connectivity index is 1.69. The standard InChI is InChI=1S/C22H23NO3/c1-26-17-8-3-2-5-14(17)21-19-13-10-9-12(11-13)18(19)15-6-4-7-16(22(24)25)20(15)23-21/h2-8,12-13,18-19,21,23H,9-11H2,1H3,(H,24,25)/p-1/t12-,13-,18-,19-,21+/m1/s1. The van der Waals surface area contributed by atoms with E-state index in [1.807, 2.05) is 24.3 Å². The summed E-state index contributed by atoms with van der Waals surface area (Å²) < 4.78 is 5.62. The topological polar surface area (TPSA) is 61.4 Å². The summed E-state index contributed by atoms with van der Waals surface area (Å²) in [6, 6.07) is 13.8. The average Bonchev–Trinajstić information content (AvgIpc) is 3.29. The van der Waals surface area contributed by atoms with Crippen molar-refractivity contribution in [1.29, 1.82) is 0 Å². The molecule has 134 valence electrons. The van der Waals surface area contributed by atoms with Gasteiger partial charge in [-0.05, 0) is 54.6 Å². The maximum atomic E-state index is 11.7. The van der Waals surface area contributed by atoms with E-state index in [-0.39, 0.29) is 11.6 Å². The van der Waals surface area contributed by atoms with Gasteiger partial charge < -0.3 is 20.0 Å². The number of anilines is 1. The number of hydrogen-bond acceptors (Lipinski definition) is 4. The van der Waals surface area contributed by atoms with Crippen molar-refractivity contribution >= 4 is 11.7 Å². The maximum Gasteiger partial charge on any atom is 0.124 e. The van der Waals surface area contributed by atoms with Gasteiger partial charge in [-0.1, -0.05) is 36.4 Å². The molecular formula is C22H22NO3-. The van der Waals surface area contributed by atoms with Gasteiger partial charge in [-0.15, -0.1) is 0 Å². The second-order valence-corrected chi connectivity index (χ2v) is 7.86. The molecule has 4 nitrogen and oxygen atoms in total. The number of fused-ring (bicyclic) bond motifs is 7. The lowest BCUT2D eigenvalue weighted by molar-refractivity contribution is -0.254.